The van der Waals surface area contributed by atoms with E-state index in [9.17, 15) is 9.59 Å². The second kappa shape index (κ2) is 8.46. The topological polar surface area (TPSA) is 91.7 Å². The summed E-state index contributed by atoms with van der Waals surface area (Å²) in [6, 6.07) is 13.9. The van der Waals surface area contributed by atoms with Crippen molar-refractivity contribution in [3.63, 3.8) is 0 Å². The molecular weight excluding hydrogens is 410 g/mol. The van der Waals surface area contributed by atoms with E-state index in [2.05, 4.69) is 10.4 Å². The number of aromatic nitrogens is 2. The third-order valence-corrected chi connectivity index (χ3v) is 4.91. The van der Waals surface area contributed by atoms with E-state index < -0.39 is 11.5 Å². The Morgan fingerprint density at radius 3 is 2.77 bits per heavy atom. The first-order valence-electron chi connectivity index (χ1n) is 9.16. The molecule has 0 saturated carbocycles. The number of rotatable bonds is 5. The number of fused-ring (bicyclic) bond motifs is 1. The molecular formula is C21H18ClN3O5. The molecule has 0 unspecified atom stereocenters. The van der Waals surface area contributed by atoms with Crippen LogP contribution in [-0.2, 0) is 4.74 Å². The molecule has 1 aromatic heterocycles. The van der Waals surface area contributed by atoms with Crippen LogP contribution in [0.4, 0.5) is 5.69 Å². The number of esters is 1. The van der Waals surface area contributed by atoms with E-state index in [1.54, 1.807) is 24.3 Å². The zero-order valence-corrected chi connectivity index (χ0v) is 16.8. The van der Waals surface area contributed by atoms with E-state index in [-0.39, 0.29) is 22.4 Å². The second-order valence-corrected chi connectivity index (χ2v) is 6.85. The maximum atomic E-state index is 12.8. The summed E-state index contributed by atoms with van der Waals surface area (Å²) in [5.74, 6) is 0.780. The van der Waals surface area contributed by atoms with Crippen LogP contribution in [0.1, 0.15) is 10.4 Å². The van der Waals surface area contributed by atoms with Gasteiger partial charge >= 0.3 is 5.97 Å². The van der Waals surface area contributed by atoms with E-state index >= 15 is 0 Å². The molecule has 0 fully saturated rings. The number of nitrogens with one attached hydrogen (secondary N) is 1. The Morgan fingerprint density at radius 1 is 1.23 bits per heavy atom. The quantitative estimate of drug-likeness (QED) is 0.626. The van der Waals surface area contributed by atoms with Gasteiger partial charge in [-0.2, -0.15) is 9.78 Å². The summed E-state index contributed by atoms with van der Waals surface area (Å²) in [6.45, 7) is 0.719. The molecule has 2 aromatic carbocycles. The monoisotopic (exact) mass is 427 g/mol. The molecule has 0 amide bonds. The summed E-state index contributed by atoms with van der Waals surface area (Å²) in [7, 11) is 1.27. The van der Waals surface area contributed by atoms with Gasteiger partial charge in [0.1, 0.15) is 17.7 Å². The highest BCUT2D eigenvalue weighted by molar-refractivity contribution is 6.33. The average molecular weight is 428 g/mol. The van der Waals surface area contributed by atoms with Crippen molar-refractivity contribution in [3.05, 3.63) is 75.7 Å². The van der Waals surface area contributed by atoms with Crippen LogP contribution in [-0.4, -0.2) is 42.1 Å². The average Bonchev–Trinajstić information content (AvgIpc) is 2.79. The first-order chi connectivity index (χ1) is 14.6. The highest BCUT2D eigenvalue weighted by atomic mass is 35.5. The van der Waals surface area contributed by atoms with Gasteiger partial charge in [0.2, 0.25) is 0 Å². The smallest absolute Gasteiger partial charge is 0.340 e. The maximum absolute atomic E-state index is 12.8. The van der Waals surface area contributed by atoms with E-state index in [1.807, 2.05) is 24.3 Å². The molecule has 1 aliphatic rings. The molecule has 1 N–H and O–H groups in total. The number of ether oxygens (including phenoxy) is 3. The molecule has 8 nitrogen and oxygen atoms in total. The van der Waals surface area contributed by atoms with Crippen LogP contribution >= 0.6 is 11.6 Å². The van der Waals surface area contributed by atoms with Crippen LogP contribution < -0.4 is 20.3 Å². The summed E-state index contributed by atoms with van der Waals surface area (Å²) >= 11 is 6.29. The van der Waals surface area contributed by atoms with E-state index in [0.717, 1.165) is 4.68 Å². The lowest BCUT2D eigenvalue weighted by molar-refractivity contribution is 0.0600. The molecule has 30 heavy (non-hydrogen) atoms. The van der Waals surface area contributed by atoms with Crippen LogP contribution in [0.5, 0.6) is 11.5 Å². The molecule has 0 bridgehead atoms. The fraction of sp³-hybridized carbons (Fsp3) is 0.190. The van der Waals surface area contributed by atoms with Crippen molar-refractivity contribution in [2.24, 2.45) is 0 Å². The zero-order valence-electron chi connectivity index (χ0n) is 16.0. The number of carbonyl (C=O) groups is 1. The number of halogens is 1. The summed E-state index contributed by atoms with van der Waals surface area (Å²) in [5, 5.41) is 7.19. The van der Waals surface area contributed by atoms with Gasteiger partial charge in [-0.05, 0) is 24.3 Å². The number of hydrogen-bond acceptors (Lipinski definition) is 7. The molecule has 3 aromatic rings. The van der Waals surface area contributed by atoms with Gasteiger partial charge in [0.25, 0.3) is 5.56 Å². The Bertz CT molecular complexity index is 1150. The number of methoxy groups -OCH3 is 1. The lowest BCUT2D eigenvalue weighted by Gasteiger charge is -2.26. The molecule has 2 heterocycles. The zero-order chi connectivity index (χ0) is 21.1. The lowest BCUT2D eigenvalue weighted by atomic mass is 10.2. The number of hydrogen-bond donors (Lipinski definition) is 1. The van der Waals surface area contributed by atoms with Gasteiger partial charge < -0.3 is 19.5 Å². The first kappa shape index (κ1) is 19.8. The molecule has 9 heteroatoms. The Labute approximate surface area is 176 Å². The van der Waals surface area contributed by atoms with Gasteiger partial charge in [0.15, 0.2) is 11.5 Å². The van der Waals surface area contributed by atoms with E-state index in [0.29, 0.717) is 30.3 Å². The number of para-hydroxylation sites is 3. The molecule has 0 aliphatic carbocycles. The van der Waals surface area contributed by atoms with E-state index in [1.165, 1.54) is 13.3 Å². The van der Waals surface area contributed by atoms with Crippen LogP contribution in [0.15, 0.2) is 59.5 Å². The number of nitrogens with zero attached hydrogens (tertiary/aromatic N) is 2. The Balaban J connectivity index is 1.53. The summed E-state index contributed by atoms with van der Waals surface area (Å²) in [4.78, 5) is 24.8. The van der Waals surface area contributed by atoms with Crippen molar-refractivity contribution in [3.8, 4) is 17.2 Å². The van der Waals surface area contributed by atoms with Crippen LogP contribution in [0.25, 0.3) is 5.69 Å². The molecule has 4 rings (SSSR count). The summed E-state index contributed by atoms with van der Waals surface area (Å²) < 4.78 is 17.4. The van der Waals surface area contributed by atoms with Crippen molar-refractivity contribution in [1.82, 2.24) is 9.78 Å². The van der Waals surface area contributed by atoms with Crippen molar-refractivity contribution >= 4 is 23.3 Å². The highest BCUT2D eigenvalue weighted by Gasteiger charge is 2.22. The fourth-order valence-electron chi connectivity index (χ4n) is 3.06. The second-order valence-electron chi connectivity index (χ2n) is 6.48. The number of anilines is 1. The van der Waals surface area contributed by atoms with Crippen LogP contribution in [0.2, 0.25) is 5.02 Å². The first-order valence-corrected chi connectivity index (χ1v) is 9.54. The highest BCUT2D eigenvalue weighted by Crippen LogP contribution is 2.31. The van der Waals surface area contributed by atoms with Crippen molar-refractivity contribution in [2.75, 3.05) is 25.6 Å². The number of carbonyl (C=O) groups excluding carboxylic acids is 1. The third kappa shape index (κ3) is 3.81. The predicted molar refractivity (Wildman–Crippen MR) is 111 cm³/mol. The standard InChI is InChI=1S/C21H18ClN3O5/c1-28-21(27)14-6-2-3-7-16(14)25-20(26)19(22)15(11-24-25)23-10-13-12-29-17-8-4-5-9-18(17)30-13/h2-9,11,13,23H,10,12H2,1H3/t13-/m0/s1. The summed E-state index contributed by atoms with van der Waals surface area (Å²) in [6.07, 6.45) is 1.16. The minimum absolute atomic E-state index is 0.0539. The molecule has 154 valence electrons. The Hall–Kier alpha value is -3.52. The van der Waals surface area contributed by atoms with Gasteiger partial charge in [0, 0.05) is 0 Å². The third-order valence-electron chi connectivity index (χ3n) is 4.54. The van der Waals surface area contributed by atoms with Crippen molar-refractivity contribution in [1.29, 1.82) is 0 Å². The minimum atomic E-state index is -0.577. The molecule has 0 saturated heterocycles. The predicted octanol–water partition coefficient (Wildman–Crippen LogP) is 2.92. The van der Waals surface area contributed by atoms with Gasteiger partial charge in [-0.15, -0.1) is 0 Å². The van der Waals surface area contributed by atoms with E-state index in [4.69, 9.17) is 25.8 Å². The Morgan fingerprint density at radius 2 is 1.97 bits per heavy atom. The maximum Gasteiger partial charge on any atom is 0.340 e. The summed E-state index contributed by atoms with van der Waals surface area (Å²) in [5.41, 5.74) is 0.279. The Kier molecular flexibility index (Phi) is 5.58. The lowest BCUT2D eigenvalue weighted by Crippen LogP contribution is -2.35. The minimum Gasteiger partial charge on any atom is -0.486 e. The molecule has 0 radical (unpaired) electrons. The van der Waals surface area contributed by atoms with Gasteiger partial charge in [-0.1, -0.05) is 35.9 Å². The SMILES string of the molecule is COC(=O)c1ccccc1-n1ncc(NC[C@H]2COc3ccccc3O2)c(Cl)c1=O. The van der Waals surface area contributed by atoms with Crippen molar-refractivity contribution in [2.45, 2.75) is 6.10 Å². The molecule has 1 aliphatic heterocycles. The van der Waals surface area contributed by atoms with Gasteiger partial charge in [-0.25, -0.2) is 4.79 Å². The van der Waals surface area contributed by atoms with Gasteiger partial charge in [-0.3, -0.25) is 4.79 Å². The van der Waals surface area contributed by atoms with Crippen LogP contribution in [0, 0.1) is 0 Å². The number of benzene rings is 2. The van der Waals surface area contributed by atoms with Crippen LogP contribution in [0.3, 0.4) is 0 Å². The van der Waals surface area contributed by atoms with Crippen molar-refractivity contribution < 1.29 is 19.0 Å². The fourth-order valence-corrected chi connectivity index (χ4v) is 3.25. The normalized spacial score (nSPS) is 14.8. The van der Waals surface area contributed by atoms with Gasteiger partial charge in [0.05, 0.1) is 36.8 Å². The molecule has 1 atom stereocenters. The molecule has 0 spiro atoms. The largest absolute Gasteiger partial charge is 0.486 e.